The van der Waals surface area contributed by atoms with E-state index in [-0.39, 0.29) is 20.3 Å². The molecule has 0 aliphatic rings. The fraction of sp³-hybridized carbons (Fsp3) is 0. The zero-order valence-corrected chi connectivity index (χ0v) is 7.90. The van der Waals surface area contributed by atoms with Crippen molar-refractivity contribution in [2.45, 2.75) is 0 Å². The van der Waals surface area contributed by atoms with Crippen molar-refractivity contribution in [2.75, 3.05) is 0 Å². The Morgan fingerprint density at radius 2 is 1.71 bits per heavy atom. The molecule has 0 bridgehead atoms. The molecule has 0 saturated heterocycles. The monoisotopic (exact) mass is 180 g/mol. The van der Waals surface area contributed by atoms with E-state index in [1.807, 2.05) is 30.3 Å². The summed E-state index contributed by atoms with van der Waals surface area (Å²) in [5, 5.41) is 10.6. The Hall–Kier alpha value is -1.23. The Balaban J connectivity index is 0.000000980. The van der Waals surface area contributed by atoms with Crippen LogP contribution >= 0.6 is 0 Å². The average Bonchev–Trinajstić information content (AvgIpc) is 2.17. The first kappa shape index (κ1) is 10.8. The number of aromatic carboxylic acids is 1. The Morgan fingerprint density at radius 3 is 2.43 bits per heavy atom. The molecular weight excluding hydrogens is 171 g/mol. The third-order valence-corrected chi connectivity index (χ3v) is 2.02. The second-order valence-electron chi connectivity index (χ2n) is 2.83. The molecule has 2 aromatic carbocycles. The quantitative estimate of drug-likeness (QED) is 0.609. The van der Waals surface area contributed by atoms with E-state index in [1.54, 1.807) is 12.1 Å². The van der Waals surface area contributed by atoms with E-state index in [1.165, 1.54) is 0 Å². The summed E-state index contributed by atoms with van der Waals surface area (Å²) in [5.41, 5.74) is 0.359. The van der Waals surface area contributed by atoms with Gasteiger partial charge in [-0.15, -0.1) is 0 Å². The smallest absolute Gasteiger partial charge is 1.00 e. The molecule has 2 aromatic rings. The molecule has 0 spiro atoms. The molecule has 0 aliphatic heterocycles. The number of carboxylic acid groups (broad SMARTS) is 1. The summed E-state index contributed by atoms with van der Waals surface area (Å²) in [7, 11) is 0. The minimum Gasteiger partial charge on any atom is -1.00 e. The molecule has 0 atom stereocenters. The van der Waals surface area contributed by atoms with E-state index in [4.69, 9.17) is 5.11 Å². The largest absolute Gasteiger partial charge is 1.00 e. The van der Waals surface area contributed by atoms with Crippen molar-refractivity contribution >= 4 is 16.7 Å². The van der Waals surface area contributed by atoms with Gasteiger partial charge in [0, 0.05) is 0 Å². The Bertz CT molecular complexity index is 466. The van der Waals surface area contributed by atoms with Crippen LogP contribution in [0.2, 0.25) is 0 Å². The minimum atomic E-state index is -0.878. The van der Waals surface area contributed by atoms with E-state index in [2.05, 4.69) is 0 Å². The molecule has 14 heavy (non-hydrogen) atoms. The van der Waals surface area contributed by atoms with Crippen molar-refractivity contribution in [3.63, 3.8) is 0 Å². The number of benzene rings is 2. The summed E-state index contributed by atoms with van der Waals surface area (Å²) in [6.45, 7) is 0. The van der Waals surface area contributed by atoms with Crippen molar-refractivity contribution in [3.8, 4) is 0 Å². The van der Waals surface area contributed by atoms with E-state index in [0.717, 1.165) is 10.8 Å². The zero-order valence-electron chi connectivity index (χ0n) is 8.90. The topological polar surface area (TPSA) is 37.3 Å². The van der Waals surface area contributed by atoms with Crippen LogP contribution in [0.3, 0.4) is 0 Å². The molecule has 2 nitrogen and oxygen atoms in total. The third kappa shape index (κ3) is 1.82. The van der Waals surface area contributed by atoms with Crippen LogP contribution in [0.4, 0.5) is 0 Å². The number of rotatable bonds is 1. The maximum Gasteiger partial charge on any atom is 1.00 e. The van der Waals surface area contributed by atoms with Gasteiger partial charge in [0.25, 0.3) is 0 Å². The maximum absolute atomic E-state index is 10.8. The molecule has 0 aliphatic carbocycles. The maximum atomic E-state index is 10.8. The molecule has 1 N–H and O–H groups in total. The molecule has 0 radical (unpaired) electrons. The van der Waals surface area contributed by atoms with Gasteiger partial charge in [0.2, 0.25) is 0 Å². The Kier molecular flexibility index (Phi) is 3.35. The minimum absolute atomic E-state index is 0. The molecule has 0 amide bonds. The second-order valence-corrected chi connectivity index (χ2v) is 2.83. The van der Waals surface area contributed by atoms with E-state index >= 15 is 0 Å². The summed E-state index contributed by atoms with van der Waals surface area (Å²) < 4.78 is 0. The molecular formula is C11H9LiO2. The number of carboxylic acids is 1. The van der Waals surface area contributed by atoms with Crippen LogP contribution in [-0.4, -0.2) is 11.1 Å². The third-order valence-electron chi connectivity index (χ3n) is 2.02. The fourth-order valence-corrected chi connectivity index (χ4v) is 1.41. The number of hydrogen-bond donors (Lipinski definition) is 1. The van der Waals surface area contributed by atoms with Crippen LogP contribution < -0.4 is 18.9 Å². The van der Waals surface area contributed by atoms with E-state index in [0.29, 0.717) is 5.56 Å². The molecule has 2 rings (SSSR count). The normalized spacial score (nSPS) is 9.43. The van der Waals surface area contributed by atoms with Crippen molar-refractivity contribution in [1.82, 2.24) is 0 Å². The van der Waals surface area contributed by atoms with Crippen molar-refractivity contribution in [1.29, 1.82) is 0 Å². The van der Waals surface area contributed by atoms with Crippen LogP contribution in [0, 0.1) is 0 Å². The first-order chi connectivity index (χ1) is 6.29. The molecule has 3 heteroatoms. The fourth-order valence-electron chi connectivity index (χ4n) is 1.41. The number of fused-ring (bicyclic) bond motifs is 1. The molecule has 66 valence electrons. The van der Waals surface area contributed by atoms with Gasteiger partial charge in [0.15, 0.2) is 0 Å². The van der Waals surface area contributed by atoms with Crippen LogP contribution in [0.1, 0.15) is 11.8 Å². The van der Waals surface area contributed by atoms with Crippen LogP contribution in [0.25, 0.3) is 10.8 Å². The van der Waals surface area contributed by atoms with Gasteiger partial charge in [0.1, 0.15) is 0 Å². The SMILES string of the molecule is O=C(O)c1cccc2ccccc12.[H-].[Li+]. The van der Waals surface area contributed by atoms with Gasteiger partial charge in [-0.3, -0.25) is 0 Å². The van der Waals surface area contributed by atoms with Gasteiger partial charge in [-0.2, -0.15) is 0 Å². The first-order valence-electron chi connectivity index (χ1n) is 4.00. The average molecular weight is 180 g/mol. The van der Waals surface area contributed by atoms with Crippen LogP contribution in [-0.2, 0) is 0 Å². The van der Waals surface area contributed by atoms with Crippen molar-refractivity contribution in [2.24, 2.45) is 0 Å². The Morgan fingerprint density at radius 1 is 1.07 bits per heavy atom. The number of hydrogen-bond acceptors (Lipinski definition) is 1. The van der Waals surface area contributed by atoms with Crippen LogP contribution in [0.5, 0.6) is 0 Å². The molecule has 0 saturated carbocycles. The van der Waals surface area contributed by atoms with Gasteiger partial charge in [-0.05, 0) is 16.8 Å². The summed E-state index contributed by atoms with van der Waals surface area (Å²) in [6.07, 6.45) is 0. The van der Waals surface area contributed by atoms with Crippen molar-refractivity contribution in [3.05, 3.63) is 48.0 Å². The van der Waals surface area contributed by atoms with Gasteiger partial charge < -0.3 is 6.53 Å². The van der Waals surface area contributed by atoms with Crippen LogP contribution in [0.15, 0.2) is 42.5 Å². The standard InChI is InChI=1S/C11H8O2.Li.H/c12-11(13)10-7-3-5-8-4-1-2-6-9(8)10;;/h1-7H,(H,12,13);;/q;+1;-1. The van der Waals surface area contributed by atoms with Gasteiger partial charge in [0.05, 0.1) is 5.56 Å². The summed E-state index contributed by atoms with van der Waals surface area (Å²) in [4.78, 5) is 10.8. The summed E-state index contributed by atoms with van der Waals surface area (Å²) >= 11 is 0. The zero-order chi connectivity index (χ0) is 9.26. The summed E-state index contributed by atoms with van der Waals surface area (Å²) in [5.74, 6) is -0.878. The molecule has 0 heterocycles. The summed E-state index contributed by atoms with van der Waals surface area (Å²) in [6, 6.07) is 12.7. The molecule has 0 aromatic heterocycles. The molecule has 0 fully saturated rings. The van der Waals surface area contributed by atoms with Gasteiger partial charge in [-0.1, -0.05) is 36.4 Å². The second kappa shape index (κ2) is 4.32. The predicted octanol–water partition coefficient (Wildman–Crippen LogP) is -0.345. The Labute approximate surface area is 95.2 Å². The van der Waals surface area contributed by atoms with Crippen molar-refractivity contribution < 1.29 is 30.2 Å². The van der Waals surface area contributed by atoms with Gasteiger partial charge >= 0.3 is 24.8 Å². The van der Waals surface area contributed by atoms with Gasteiger partial charge in [-0.25, -0.2) is 4.79 Å². The van der Waals surface area contributed by atoms with E-state index < -0.39 is 5.97 Å². The predicted molar refractivity (Wildman–Crippen MR) is 52.0 cm³/mol. The van der Waals surface area contributed by atoms with E-state index in [9.17, 15) is 4.79 Å². The first-order valence-corrected chi connectivity index (χ1v) is 4.00. The molecule has 0 unspecified atom stereocenters. The number of carbonyl (C=O) groups is 1.